The molecule has 0 fully saturated rings. The molecule has 0 aliphatic carbocycles. The molecule has 7 nitrogen and oxygen atoms in total. The van der Waals surface area contributed by atoms with Crippen LogP contribution in [0.15, 0.2) is 12.1 Å². The van der Waals surface area contributed by atoms with Crippen molar-refractivity contribution >= 4 is 39.6 Å². The maximum absolute atomic E-state index is 13.8. The van der Waals surface area contributed by atoms with Gasteiger partial charge in [0.2, 0.25) is 0 Å². The maximum Gasteiger partial charge on any atom is 0.312 e. The highest BCUT2D eigenvalue weighted by Gasteiger charge is 2.20. The number of halogens is 2. The highest BCUT2D eigenvalue weighted by Crippen LogP contribution is 2.31. The van der Waals surface area contributed by atoms with E-state index < -0.39 is 6.08 Å². The van der Waals surface area contributed by atoms with Gasteiger partial charge in [-0.25, -0.2) is 4.98 Å². The highest BCUT2D eigenvalue weighted by atomic mass is 127. The minimum Gasteiger partial charge on any atom is -0.493 e. The Morgan fingerprint density at radius 2 is 2.14 bits per heavy atom. The van der Waals surface area contributed by atoms with Crippen molar-refractivity contribution < 1.29 is 9.13 Å². The fraction of sp³-hybridized carbons (Fsp3) is 0.421. The fourth-order valence-electron chi connectivity index (χ4n) is 3.52. The predicted octanol–water partition coefficient (Wildman–Crippen LogP) is 2.68. The predicted molar refractivity (Wildman–Crippen MR) is 114 cm³/mol. The van der Waals surface area contributed by atoms with Gasteiger partial charge in [-0.3, -0.25) is 0 Å². The van der Waals surface area contributed by atoms with Crippen LogP contribution in [0.25, 0.3) is 11.2 Å². The molecule has 1 aliphatic rings. The number of rotatable bonds is 7. The Bertz CT molecular complexity index is 1020. The Morgan fingerprint density at radius 3 is 2.96 bits per heavy atom. The molecule has 0 radical (unpaired) electrons. The molecule has 0 saturated carbocycles. The zero-order chi connectivity index (χ0) is 19.7. The maximum atomic E-state index is 13.8. The second-order valence-electron chi connectivity index (χ2n) is 6.87. The van der Waals surface area contributed by atoms with Gasteiger partial charge in [-0.05, 0) is 72.3 Å². The highest BCUT2D eigenvalue weighted by molar-refractivity contribution is 14.1. The number of nitrogens with one attached hydrogen (secondary N) is 1. The summed E-state index contributed by atoms with van der Waals surface area (Å²) in [5, 5.41) is 3.14. The summed E-state index contributed by atoms with van der Waals surface area (Å²) in [7, 11) is 1.93. The molecule has 0 atom stereocenters. The SMILES string of the molecule is CNCCCCn1c(Cc2cc3c(cc2I)CCO3)nc2c(N)nc(F)nc21. The van der Waals surface area contributed by atoms with Crippen molar-refractivity contribution in [3.05, 3.63) is 38.7 Å². The van der Waals surface area contributed by atoms with Crippen LogP contribution in [0.5, 0.6) is 5.75 Å². The van der Waals surface area contributed by atoms with Crippen molar-refractivity contribution in [3.63, 3.8) is 0 Å². The smallest absolute Gasteiger partial charge is 0.312 e. The lowest BCUT2D eigenvalue weighted by Gasteiger charge is -2.11. The van der Waals surface area contributed by atoms with Crippen molar-refractivity contribution in [1.82, 2.24) is 24.8 Å². The molecule has 9 heteroatoms. The molecule has 1 aromatic carbocycles. The fourth-order valence-corrected chi connectivity index (χ4v) is 4.25. The standard InChI is InChI=1S/C19H22FIN6O/c1-23-5-2-3-6-27-15(24-16-17(22)25-19(20)26-18(16)27)10-12-9-14-11(4-7-28-14)8-13(12)21/h8-9,23H,2-7,10H2,1H3,(H2,22,25,26). The molecule has 3 aromatic rings. The van der Waals surface area contributed by atoms with Gasteiger partial charge in [0, 0.05) is 23.0 Å². The van der Waals surface area contributed by atoms with Crippen LogP contribution in [0.4, 0.5) is 10.2 Å². The number of nitrogen functional groups attached to an aromatic ring is 1. The number of aryl methyl sites for hydroxylation is 1. The first-order chi connectivity index (χ1) is 13.6. The minimum absolute atomic E-state index is 0.0738. The Kier molecular flexibility index (Phi) is 5.63. The van der Waals surface area contributed by atoms with Crippen LogP contribution in [0.1, 0.15) is 29.8 Å². The van der Waals surface area contributed by atoms with Crippen LogP contribution in [0.3, 0.4) is 0 Å². The number of nitrogens with two attached hydrogens (primary N) is 1. The number of ether oxygens (including phenoxy) is 1. The van der Waals surface area contributed by atoms with E-state index in [0.29, 0.717) is 24.1 Å². The molecule has 0 spiro atoms. The monoisotopic (exact) mass is 496 g/mol. The summed E-state index contributed by atoms with van der Waals surface area (Å²) in [6, 6.07) is 4.26. The summed E-state index contributed by atoms with van der Waals surface area (Å²) < 4.78 is 22.7. The lowest BCUT2D eigenvalue weighted by atomic mass is 10.1. The van der Waals surface area contributed by atoms with E-state index in [-0.39, 0.29) is 5.82 Å². The zero-order valence-corrected chi connectivity index (χ0v) is 17.8. The zero-order valence-electron chi connectivity index (χ0n) is 15.6. The van der Waals surface area contributed by atoms with Gasteiger partial charge in [0.1, 0.15) is 11.6 Å². The Labute approximate surface area is 176 Å². The molecule has 2 aromatic heterocycles. The van der Waals surface area contributed by atoms with E-state index in [0.717, 1.165) is 49.6 Å². The number of anilines is 1. The summed E-state index contributed by atoms with van der Waals surface area (Å²) in [4.78, 5) is 12.3. The number of imidazole rings is 1. The molecule has 3 heterocycles. The topological polar surface area (TPSA) is 90.9 Å². The molecular weight excluding hydrogens is 474 g/mol. The van der Waals surface area contributed by atoms with Gasteiger partial charge in [-0.2, -0.15) is 14.4 Å². The summed E-state index contributed by atoms with van der Waals surface area (Å²) in [5.74, 6) is 1.82. The second kappa shape index (κ2) is 8.16. The third-order valence-corrected chi connectivity index (χ3v) is 5.94. The summed E-state index contributed by atoms with van der Waals surface area (Å²) in [6.45, 7) is 2.35. The molecule has 0 amide bonds. The first-order valence-corrected chi connectivity index (χ1v) is 10.4. The molecular formula is C19H22FIN6O. The van der Waals surface area contributed by atoms with Crippen LogP contribution < -0.4 is 15.8 Å². The van der Waals surface area contributed by atoms with Crippen LogP contribution in [-0.2, 0) is 19.4 Å². The van der Waals surface area contributed by atoms with Gasteiger partial charge < -0.3 is 20.4 Å². The third-order valence-electron chi connectivity index (χ3n) is 4.94. The molecule has 148 valence electrons. The van der Waals surface area contributed by atoms with Gasteiger partial charge >= 0.3 is 6.08 Å². The van der Waals surface area contributed by atoms with Gasteiger partial charge in [0.25, 0.3) is 0 Å². The average Bonchev–Trinajstić information content (AvgIpc) is 3.24. The largest absolute Gasteiger partial charge is 0.493 e. The number of benzene rings is 1. The molecule has 0 unspecified atom stereocenters. The molecule has 0 saturated heterocycles. The van der Waals surface area contributed by atoms with E-state index in [2.05, 4.69) is 55.0 Å². The van der Waals surface area contributed by atoms with Crippen molar-refractivity contribution in [1.29, 1.82) is 0 Å². The lowest BCUT2D eigenvalue weighted by Crippen LogP contribution is -2.11. The molecule has 3 N–H and O–H groups in total. The average molecular weight is 496 g/mol. The van der Waals surface area contributed by atoms with Crippen molar-refractivity contribution in [3.8, 4) is 5.75 Å². The van der Waals surface area contributed by atoms with E-state index in [1.165, 1.54) is 9.13 Å². The second-order valence-corrected chi connectivity index (χ2v) is 8.03. The number of hydrogen-bond acceptors (Lipinski definition) is 6. The van der Waals surface area contributed by atoms with Crippen LogP contribution in [-0.4, -0.2) is 39.7 Å². The summed E-state index contributed by atoms with van der Waals surface area (Å²) in [5.41, 5.74) is 9.19. The van der Waals surface area contributed by atoms with E-state index in [9.17, 15) is 4.39 Å². The molecule has 4 rings (SSSR count). The number of nitrogens with zero attached hydrogens (tertiary/aromatic N) is 4. The van der Waals surface area contributed by atoms with E-state index in [4.69, 9.17) is 10.5 Å². The molecule has 1 aliphatic heterocycles. The number of unbranched alkanes of at least 4 members (excludes halogenated alkanes) is 1. The normalized spacial score (nSPS) is 13.1. The lowest BCUT2D eigenvalue weighted by molar-refractivity contribution is 0.356. The van der Waals surface area contributed by atoms with Crippen LogP contribution >= 0.6 is 22.6 Å². The quantitative estimate of drug-likeness (QED) is 0.297. The van der Waals surface area contributed by atoms with Gasteiger partial charge in [0.05, 0.1) is 6.61 Å². The summed E-state index contributed by atoms with van der Waals surface area (Å²) >= 11 is 2.35. The van der Waals surface area contributed by atoms with E-state index in [1.54, 1.807) is 0 Å². The molecule has 28 heavy (non-hydrogen) atoms. The number of fused-ring (bicyclic) bond motifs is 2. The molecule has 0 bridgehead atoms. The Balaban J connectivity index is 1.72. The van der Waals surface area contributed by atoms with E-state index in [1.807, 2.05) is 11.6 Å². The summed E-state index contributed by atoms with van der Waals surface area (Å²) in [6.07, 6.45) is 2.64. The first-order valence-electron chi connectivity index (χ1n) is 9.33. The van der Waals surface area contributed by atoms with Crippen molar-refractivity contribution in [2.24, 2.45) is 0 Å². The number of aromatic nitrogens is 4. The van der Waals surface area contributed by atoms with Gasteiger partial charge in [-0.1, -0.05) is 0 Å². The van der Waals surface area contributed by atoms with Gasteiger partial charge in [-0.15, -0.1) is 0 Å². The Morgan fingerprint density at radius 1 is 1.29 bits per heavy atom. The third kappa shape index (κ3) is 3.77. The minimum atomic E-state index is -0.826. The first kappa shape index (κ1) is 19.3. The van der Waals surface area contributed by atoms with Crippen molar-refractivity contribution in [2.45, 2.75) is 32.2 Å². The van der Waals surface area contributed by atoms with E-state index >= 15 is 0 Å². The van der Waals surface area contributed by atoms with Gasteiger partial charge in [0.15, 0.2) is 17.0 Å². The van der Waals surface area contributed by atoms with Crippen molar-refractivity contribution in [2.75, 3.05) is 25.9 Å². The van der Waals surface area contributed by atoms with Crippen LogP contribution in [0, 0.1) is 9.65 Å². The Hall–Kier alpha value is -2.01. The van der Waals surface area contributed by atoms with Crippen LogP contribution in [0.2, 0.25) is 0 Å². The number of hydrogen-bond donors (Lipinski definition) is 2.